The summed E-state index contributed by atoms with van der Waals surface area (Å²) in [5, 5.41) is 5.04. The first-order valence-corrected chi connectivity index (χ1v) is 9.58. The van der Waals surface area contributed by atoms with E-state index in [0.717, 1.165) is 41.4 Å². The molecule has 1 saturated heterocycles. The number of nitrogens with zero attached hydrogens (tertiary/aromatic N) is 3. The van der Waals surface area contributed by atoms with E-state index in [1.165, 1.54) is 0 Å². The van der Waals surface area contributed by atoms with Gasteiger partial charge < -0.3 is 14.2 Å². The van der Waals surface area contributed by atoms with E-state index in [0.29, 0.717) is 19.7 Å². The zero-order valence-electron chi connectivity index (χ0n) is 15.6. The van der Waals surface area contributed by atoms with Gasteiger partial charge in [-0.05, 0) is 45.3 Å². The normalized spacial score (nSPS) is 22.6. The number of hydrogen-bond acceptors (Lipinski definition) is 5. The Bertz CT molecular complexity index is 713. The summed E-state index contributed by atoms with van der Waals surface area (Å²) in [6.07, 6.45) is 5.55. The molecule has 2 heterocycles. The van der Waals surface area contributed by atoms with Gasteiger partial charge in [-0.1, -0.05) is 22.8 Å². The highest BCUT2D eigenvalue weighted by Crippen LogP contribution is 2.31. The molecule has 26 heavy (non-hydrogen) atoms. The second kappa shape index (κ2) is 8.27. The molecule has 7 heteroatoms. The minimum Gasteiger partial charge on any atom is -0.450 e. The number of carbonyl (C=O) groups excluding carboxylic acids is 1. The first kappa shape index (κ1) is 19.0. The molecule has 0 saturated carbocycles. The molecule has 1 aromatic rings. The molecule has 0 radical (unpaired) electrons. The van der Waals surface area contributed by atoms with Crippen LogP contribution >= 0.6 is 11.6 Å². The third-order valence-electron chi connectivity index (χ3n) is 5.04. The number of allylic oxidation sites excluding steroid dienone is 4. The zero-order chi connectivity index (χ0) is 18.7. The van der Waals surface area contributed by atoms with Gasteiger partial charge in [0, 0.05) is 36.8 Å². The van der Waals surface area contributed by atoms with E-state index in [1.807, 2.05) is 25.1 Å². The summed E-state index contributed by atoms with van der Waals surface area (Å²) >= 11 is 6.11. The standard InChI is InChI=1S/C19H26ClN3O3/c1-4-25-19(24)22-8-9-23(13(2)12-22)14(3)17-11-18(26-21-17)15-6-5-7-16(20)10-15/h7,10-11,13-14H,4-6,8-9,12H2,1-3H3/t13-,14?/m0/s1. The van der Waals surface area contributed by atoms with Gasteiger partial charge in [0.05, 0.1) is 12.6 Å². The summed E-state index contributed by atoms with van der Waals surface area (Å²) in [5.74, 6) is 0.788. The Hall–Kier alpha value is -1.79. The molecular formula is C19H26ClN3O3. The van der Waals surface area contributed by atoms with Crippen LogP contribution in [0.25, 0.3) is 5.57 Å². The molecular weight excluding hydrogens is 354 g/mol. The molecule has 1 aromatic heterocycles. The minimum atomic E-state index is -0.232. The lowest BCUT2D eigenvalue weighted by Crippen LogP contribution is -2.54. The van der Waals surface area contributed by atoms with Crippen molar-refractivity contribution < 1.29 is 14.1 Å². The van der Waals surface area contributed by atoms with Crippen molar-refractivity contribution in [3.63, 3.8) is 0 Å². The molecule has 2 aliphatic rings. The van der Waals surface area contributed by atoms with E-state index in [-0.39, 0.29) is 18.2 Å². The second-order valence-corrected chi connectivity index (χ2v) is 7.26. The third kappa shape index (κ3) is 4.13. The predicted molar refractivity (Wildman–Crippen MR) is 101 cm³/mol. The molecule has 0 aromatic carbocycles. The van der Waals surface area contributed by atoms with E-state index < -0.39 is 0 Å². The van der Waals surface area contributed by atoms with Gasteiger partial charge in [-0.3, -0.25) is 4.90 Å². The number of hydrogen-bond donors (Lipinski definition) is 0. The van der Waals surface area contributed by atoms with Crippen molar-refractivity contribution in [3.8, 4) is 0 Å². The van der Waals surface area contributed by atoms with Crippen LogP contribution in [0.15, 0.2) is 27.8 Å². The second-order valence-electron chi connectivity index (χ2n) is 6.82. The Labute approximate surface area is 159 Å². The Morgan fingerprint density at radius 3 is 3.00 bits per heavy atom. The number of rotatable bonds is 4. The summed E-state index contributed by atoms with van der Waals surface area (Å²) in [4.78, 5) is 16.0. The van der Waals surface area contributed by atoms with Crippen LogP contribution in [0.4, 0.5) is 4.79 Å². The van der Waals surface area contributed by atoms with Crippen LogP contribution in [-0.4, -0.2) is 53.3 Å². The average Bonchev–Trinajstić information content (AvgIpc) is 3.11. The predicted octanol–water partition coefficient (Wildman–Crippen LogP) is 4.20. The first-order chi connectivity index (χ1) is 12.5. The fourth-order valence-electron chi connectivity index (χ4n) is 3.59. The monoisotopic (exact) mass is 379 g/mol. The molecule has 0 spiro atoms. The Morgan fingerprint density at radius 2 is 2.31 bits per heavy atom. The number of carbonyl (C=O) groups is 1. The topological polar surface area (TPSA) is 58.8 Å². The smallest absolute Gasteiger partial charge is 0.409 e. The van der Waals surface area contributed by atoms with E-state index >= 15 is 0 Å². The third-order valence-corrected chi connectivity index (χ3v) is 5.30. The summed E-state index contributed by atoms with van der Waals surface area (Å²) < 4.78 is 10.7. The average molecular weight is 380 g/mol. The largest absolute Gasteiger partial charge is 0.450 e. The minimum absolute atomic E-state index is 0.113. The number of amides is 1. The van der Waals surface area contributed by atoms with Crippen LogP contribution < -0.4 is 0 Å². The molecule has 3 rings (SSSR count). The summed E-state index contributed by atoms with van der Waals surface area (Å²) in [6, 6.07) is 2.34. The maximum Gasteiger partial charge on any atom is 0.409 e. The number of piperazine rings is 1. The van der Waals surface area contributed by atoms with Gasteiger partial charge in [0.25, 0.3) is 0 Å². The molecule has 142 valence electrons. The molecule has 1 fully saturated rings. The lowest BCUT2D eigenvalue weighted by molar-refractivity contribution is 0.0390. The molecule has 6 nitrogen and oxygen atoms in total. The van der Waals surface area contributed by atoms with E-state index in [1.54, 1.807) is 4.90 Å². The van der Waals surface area contributed by atoms with Crippen molar-refractivity contribution in [1.82, 2.24) is 15.0 Å². The maximum atomic E-state index is 11.9. The summed E-state index contributed by atoms with van der Waals surface area (Å²) in [7, 11) is 0. The van der Waals surface area contributed by atoms with Crippen LogP contribution in [0.3, 0.4) is 0 Å². The van der Waals surface area contributed by atoms with Crippen LogP contribution in [0.1, 0.15) is 51.1 Å². The lowest BCUT2D eigenvalue weighted by Gasteiger charge is -2.41. The Balaban J connectivity index is 1.66. The van der Waals surface area contributed by atoms with Crippen molar-refractivity contribution in [2.75, 3.05) is 26.2 Å². The Kier molecular flexibility index (Phi) is 6.04. The van der Waals surface area contributed by atoms with E-state index in [2.05, 4.69) is 23.9 Å². The molecule has 1 aliphatic carbocycles. The highest BCUT2D eigenvalue weighted by atomic mass is 35.5. The fourth-order valence-corrected chi connectivity index (χ4v) is 3.83. The van der Waals surface area contributed by atoms with Gasteiger partial charge >= 0.3 is 6.09 Å². The van der Waals surface area contributed by atoms with Crippen molar-refractivity contribution in [2.24, 2.45) is 0 Å². The van der Waals surface area contributed by atoms with Crippen LogP contribution in [0.5, 0.6) is 0 Å². The zero-order valence-corrected chi connectivity index (χ0v) is 16.3. The number of ether oxygens (including phenoxy) is 1. The van der Waals surface area contributed by atoms with Gasteiger partial charge in [0.2, 0.25) is 0 Å². The Morgan fingerprint density at radius 1 is 1.50 bits per heavy atom. The van der Waals surface area contributed by atoms with Gasteiger partial charge in [-0.2, -0.15) is 0 Å². The number of halogens is 1. The summed E-state index contributed by atoms with van der Waals surface area (Å²) in [6.45, 7) is 8.56. The van der Waals surface area contributed by atoms with Crippen LogP contribution in [-0.2, 0) is 4.74 Å². The van der Waals surface area contributed by atoms with Gasteiger partial charge in [0.15, 0.2) is 5.76 Å². The molecule has 1 unspecified atom stereocenters. The van der Waals surface area contributed by atoms with Gasteiger partial charge in [-0.15, -0.1) is 0 Å². The molecule has 1 aliphatic heterocycles. The molecule has 2 atom stereocenters. The summed E-state index contributed by atoms with van der Waals surface area (Å²) in [5.41, 5.74) is 1.99. The van der Waals surface area contributed by atoms with Crippen molar-refractivity contribution in [1.29, 1.82) is 0 Å². The number of aromatic nitrogens is 1. The first-order valence-electron chi connectivity index (χ1n) is 9.20. The van der Waals surface area contributed by atoms with Gasteiger partial charge in [-0.25, -0.2) is 4.79 Å². The van der Waals surface area contributed by atoms with Crippen molar-refractivity contribution in [2.45, 2.75) is 45.7 Å². The van der Waals surface area contributed by atoms with E-state index in [4.69, 9.17) is 20.9 Å². The van der Waals surface area contributed by atoms with E-state index in [9.17, 15) is 4.79 Å². The molecule has 1 amide bonds. The molecule has 0 N–H and O–H groups in total. The van der Waals surface area contributed by atoms with Crippen LogP contribution in [0, 0.1) is 0 Å². The maximum absolute atomic E-state index is 11.9. The van der Waals surface area contributed by atoms with Crippen LogP contribution in [0.2, 0.25) is 0 Å². The van der Waals surface area contributed by atoms with Gasteiger partial charge in [0.1, 0.15) is 5.69 Å². The SMILES string of the molecule is CCOC(=O)N1CCN(C(C)c2cc(C3=CC(Cl)=CCC3)on2)[C@@H](C)C1. The fraction of sp³-hybridized carbons (Fsp3) is 0.579. The molecule has 0 bridgehead atoms. The van der Waals surface area contributed by atoms with Crippen molar-refractivity contribution >= 4 is 23.3 Å². The van der Waals surface area contributed by atoms with Crippen molar-refractivity contribution in [3.05, 3.63) is 34.7 Å². The quantitative estimate of drug-likeness (QED) is 0.784. The highest BCUT2D eigenvalue weighted by molar-refractivity contribution is 6.31. The highest BCUT2D eigenvalue weighted by Gasteiger charge is 2.32. The lowest BCUT2D eigenvalue weighted by atomic mass is 10.0.